The van der Waals surface area contributed by atoms with Gasteiger partial charge in [-0.15, -0.1) is 0 Å². The Morgan fingerprint density at radius 1 is 1.35 bits per heavy atom. The van der Waals surface area contributed by atoms with E-state index in [0.29, 0.717) is 15.3 Å². The molecule has 8 heteroatoms. The molecule has 6 nitrogen and oxygen atoms in total. The fourth-order valence-electron chi connectivity index (χ4n) is 1.58. The predicted octanol–water partition coefficient (Wildman–Crippen LogP) is 1.28. The Kier molecular flexibility index (Phi) is 3.64. The molecule has 1 amide bonds. The fraction of sp³-hybridized carbons (Fsp3) is 0.250. The van der Waals surface area contributed by atoms with E-state index >= 15 is 0 Å². The summed E-state index contributed by atoms with van der Waals surface area (Å²) in [6, 6.07) is 1.87. The molecule has 2 rings (SSSR count). The zero-order chi connectivity index (χ0) is 14.9. The van der Waals surface area contributed by atoms with Crippen molar-refractivity contribution in [2.45, 2.75) is 19.9 Å². The van der Waals surface area contributed by atoms with Crippen LogP contribution in [-0.4, -0.2) is 26.4 Å². The molecule has 2 aromatic rings. The van der Waals surface area contributed by atoms with Crippen molar-refractivity contribution in [3.05, 3.63) is 46.6 Å². The van der Waals surface area contributed by atoms with Crippen LogP contribution in [0.5, 0.6) is 0 Å². The van der Waals surface area contributed by atoms with Crippen LogP contribution >= 0.6 is 0 Å². The Balaban J connectivity index is 2.43. The van der Waals surface area contributed by atoms with Crippen molar-refractivity contribution in [2.24, 2.45) is 0 Å². The van der Waals surface area contributed by atoms with Gasteiger partial charge in [-0.1, -0.05) is 0 Å². The molecule has 0 saturated carbocycles. The quantitative estimate of drug-likeness (QED) is 0.902. The first-order valence-corrected chi connectivity index (χ1v) is 5.83. The van der Waals surface area contributed by atoms with Gasteiger partial charge in [0.1, 0.15) is 17.8 Å². The zero-order valence-corrected chi connectivity index (χ0v) is 10.8. The molecule has 0 bridgehead atoms. The number of aromatic nitrogens is 3. The molecule has 0 aliphatic heterocycles. The Morgan fingerprint density at radius 3 is 2.65 bits per heavy atom. The highest BCUT2D eigenvalue weighted by atomic mass is 19.1. The van der Waals surface area contributed by atoms with Crippen LogP contribution in [0.3, 0.4) is 0 Å². The smallest absolute Gasteiger partial charge is 0.335 e. The lowest BCUT2D eigenvalue weighted by molar-refractivity contribution is 0.239. The van der Waals surface area contributed by atoms with Crippen LogP contribution in [0.4, 0.5) is 13.6 Å². The molecule has 0 aliphatic carbocycles. The Bertz CT molecular complexity index is 706. The lowest BCUT2D eigenvalue weighted by atomic mass is 10.3. The highest BCUT2D eigenvalue weighted by molar-refractivity contribution is 5.76. The summed E-state index contributed by atoms with van der Waals surface area (Å²) in [6.07, 6.45) is 0.975. The van der Waals surface area contributed by atoms with E-state index in [1.807, 2.05) is 0 Å². The molecular formula is C12H12F2N4O2. The molecule has 0 aliphatic rings. The van der Waals surface area contributed by atoms with Gasteiger partial charge in [0.2, 0.25) is 0 Å². The molecule has 0 atom stereocenters. The van der Waals surface area contributed by atoms with Gasteiger partial charge < -0.3 is 5.32 Å². The summed E-state index contributed by atoms with van der Waals surface area (Å²) in [6.45, 7) is 3.46. The van der Waals surface area contributed by atoms with Crippen molar-refractivity contribution < 1.29 is 13.6 Å². The third-order valence-electron chi connectivity index (χ3n) is 2.44. The first kappa shape index (κ1) is 13.9. The van der Waals surface area contributed by atoms with Gasteiger partial charge in [0.25, 0.3) is 0 Å². The van der Waals surface area contributed by atoms with E-state index in [1.165, 1.54) is 0 Å². The van der Waals surface area contributed by atoms with E-state index in [2.05, 4.69) is 10.4 Å². The highest BCUT2D eigenvalue weighted by Crippen LogP contribution is 2.11. The minimum atomic E-state index is -0.943. The summed E-state index contributed by atoms with van der Waals surface area (Å²) < 4.78 is 27.8. The van der Waals surface area contributed by atoms with Gasteiger partial charge >= 0.3 is 11.7 Å². The van der Waals surface area contributed by atoms with Gasteiger partial charge in [0.15, 0.2) is 5.82 Å². The van der Waals surface area contributed by atoms with Crippen molar-refractivity contribution in [1.82, 2.24) is 19.7 Å². The summed E-state index contributed by atoms with van der Waals surface area (Å²) in [5.74, 6) is -1.71. The van der Waals surface area contributed by atoms with Crippen molar-refractivity contribution in [3.63, 3.8) is 0 Å². The number of halogens is 2. The largest absolute Gasteiger partial charge is 0.358 e. The zero-order valence-electron chi connectivity index (χ0n) is 10.8. The number of hydrogen-bond acceptors (Lipinski definition) is 3. The summed E-state index contributed by atoms with van der Waals surface area (Å²) in [5.41, 5.74) is -1.07. The number of nitrogens with one attached hydrogen (secondary N) is 1. The van der Waals surface area contributed by atoms with Crippen LogP contribution in [0.25, 0.3) is 5.69 Å². The Morgan fingerprint density at radius 2 is 2.05 bits per heavy atom. The van der Waals surface area contributed by atoms with Crippen molar-refractivity contribution in [3.8, 4) is 5.69 Å². The predicted molar refractivity (Wildman–Crippen MR) is 66.8 cm³/mol. The number of carbonyl (C=O) groups excluding carboxylic acids is 1. The van der Waals surface area contributed by atoms with Gasteiger partial charge in [0, 0.05) is 12.1 Å². The number of carbonyl (C=O) groups is 1. The van der Waals surface area contributed by atoms with Crippen LogP contribution in [0, 0.1) is 11.6 Å². The maximum absolute atomic E-state index is 13.6. The highest BCUT2D eigenvalue weighted by Gasteiger charge is 2.16. The Labute approximate surface area is 112 Å². The standard InChI is InChI=1S/C12H12F2N4O2/c1-7(2)16-11(19)17-6-15-18(12(17)20)10-4-3-8(13)5-9(10)14/h3-7H,1-2H3,(H,16,19). The molecule has 20 heavy (non-hydrogen) atoms. The van der Waals surface area contributed by atoms with Crippen molar-refractivity contribution in [2.75, 3.05) is 0 Å². The first-order valence-electron chi connectivity index (χ1n) is 5.83. The minimum Gasteiger partial charge on any atom is -0.335 e. The van der Waals surface area contributed by atoms with E-state index in [1.54, 1.807) is 13.8 Å². The third kappa shape index (κ3) is 2.58. The van der Waals surface area contributed by atoms with Gasteiger partial charge in [0.05, 0.1) is 0 Å². The van der Waals surface area contributed by atoms with Crippen molar-refractivity contribution in [1.29, 1.82) is 0 Å². The lowest BCUT2D eigenvalue weighted by Gasteiger charge is -2.06. The molecule has 1 aromatic carbocycles. The molecule has 0 radical (unpaired) electrons. The Hall–Kier alpha value is -2.51. The van der Waals surface area contributed by atoms with Crippen LogP contribution in [0.2, 0.25) is 0 Å². The first-order chi connectivity index (χ1) is 9.40. The average Bonchev–Trinajstić information content (AvgIpc) is 2.70. The van der Waals surface area contributed by atoms with Crippen LogP contribution < -0.4 is 11.0 Å². The maximum Gasteiger partial charge on any atom is 0.358 e. The van der Waals surface area contributed by atoms with Gasteiger partial charge in [-0.2, -0.15) is 14.3 Å². The summed E-state index contributed by atoms with van der Waals surface area (Å²) >= 11 is 0. The number of benzene rings is 1. The molecule has 0 fully saturated rings. The number of hydrogen-bond donors (Lipinski definition) is 1. The van der Waals surface area contributed by atoms with Gasteiger partial charge in [-0.25, -0.2) is 18.4 Å². The number of amides is 1. The fourth-order valence-corrected chi connectivity index (χ4v) is 1.58. The van der Waals surface area contributed by atoms with Gasteiger partial charge in [-0.05, 0) is 26.0 Å². The minimum absolute atomic E-state index is 0.166. The second kappa shape index (κ2) is 5.24. The van der Waals surface area contributed by atoms with Crippen LogP contribution in [0.15, 0.2) is 29.3 Å². The number of nitrogens with zero attached hydrogens (tertiary/aromatic N) is 3. The lowest BCUT2D eigenvalue weighted by Crippen LogP contribution is -2.39. The average molecular weight is 282 g/mol. The monoisotopic (exact) mass is 282 g/mol. The normalized spacial score (nSPS) is 10.8. The topological polar surface area (TPSA) is 68.9 Å². The second-order valence-corrected chi connectivity index (χ2v) is 4.40. The molecule has 1 aromatic heterocycles. The van der Waals surface area contributed by atoms with Crippen LogP contribution in [-0.2, 0) is 0 Å². The summed E-state index contributed by atoms with van der Waals surface area (Å²) in [7, 11) is 0. The summed E-state index contributed by atoms with van der Waals surface area (Å²) in [4.78, 5) is 23.7. The molecule has 1 heterocycles. The van der Waals surface area contributed by atoms with E-state index in [4.69, 9.17) is 0 Å². The molecule has 106 valence electrons. The van der Waals surface area contributed by atoms with E-state index in [9.17, 15) is 18.4 Å². The molecular weight excluding hydrogens is 270 g/mol. The second-order valence-electron chi connectivity index (χ2n) is 4.40. The van der Waals surface area contributed by atoms with Crippen LogP contribution in [0.1, 0.15) is 13.8 Å². The summed E-state index contributed by atoms with van der Waals surface area (Å²) in [5, 5.41) is 6.15. The third-order valence-corrected chi connectivity index (χ3v) is 2.44. The number of rotatable bonds is 2. The van der Waals surface area contributed by atoms with Gasteiger partial charge in [-0.3, -0.25) is 0 Å². The molecule has 0 unspecified atom stereocenters. The van der Waals surface area contributed by atoms with Crippen molar-refractivity contribution >= 4 is 6.03 Å². The van der Waals surface area contributed by atoms with E-state index < -0.39 is 23.4 Å². The van der Waals surface area contributed by atoms with E-state index in [-0.39, 0.29) is 11.7 Å². The molecule has 0 spiro atoms. The maximum atomic E-state index is 13.6. The molecule has 1 N–H and O–H groups in total. The molecule has 0 saturated heterocycles. The van der Waals surface area contributed by atoms with E-state index in [0.717, 1.165) is 18.5 Å². The SMILES string of the molecule is CC(C)NC(=O)n1cnn(-c2ccc(F)cc2F)c1=O.